The summed E-state index contributed by atoms with van der Waals surface area (Å²) in [7, 11) is 0. The van der Waals surface area contributed by atoms with Gasteiger partial charge in [-0.3, -0.25) is 9.59 Å². The Bertz CT molecular complexity index is 624. The lowest BCUT2D eigenvalue weighted by molar-refractivity contribution is -0.134. The summed E-state index contributed by atoms with van der Waals surface area (Å²) in [6, 6.07) is 6.31. The molecular formula is C18H25N3O3. The van der Waals surface area contributed by atoms with Crippen LogP contribution in [0.15, 0.2) is 18.2 Å². The van der Waals surface area contributed by atoms with Crippen LogP contribution in [0.3, 0.4) is 0 Å². The Labute approximate surface area is 142 Å². The zero-order chi connectivity index (χ0) is 17.1. The maximum atomic E-state index is 12.3. The van der Waals surface area contributed by atoms with Crippen molar-refractivity contribution >= 4 is 11.8 Å². The Morgan fingerprint density at radius 2 is 2.12 bits per heavy atom. The molecule has 6 nitrogen and oxygen atoms in total. The second kappa shape index (κ2) is 7.21. The molecule has 130 valence electrons. The molecule has 0 aliphatic carbocycles. The van der Waals surface area contributed by atoms with Crippen molar-refractivity contribution in [3.63, 3.8) is 0 Å². The topological polar surface area (TPSA) is 84.7 Å². The van der Waals surface area contributed by atoms with Crippen molar-refractivity contribution in [1.29, 1.82) is 0 Å². The number of likely N-dealkylation sites (tertiary alicyclic amines) is 1. The van der Waals surface area contributed by atoms with E-state index in [2.05, 4.69) is 18.3 Å². The number of nitrogens with two attached hydrogens (primary N) is 1. The Morgan fingerprint density at radius 3 is 2.83 bits per heavy atom. The highest BCUT2D eigenvalue weighted by atomic mass is 16.5. The van der Waals surface area contributed by atoms with E-state index in [0.29, 0.717) is 32.5 Å². The quantitative estimate of drug-likeness (QED) is 0.843. The molecule has 1 saturated heterocycles. The average molecular weight is 331 g/mol. The van der Waals surface area contributed by atoms with E-state index >= 15 is 0 Å². The molecule has 2 aliphatic heterocycles. The van der Waals surface area contributed by atoms with Crippen LogP contribution in [-0.2, 0) is 16.0 Å². The number of rotatable bonds is 5. The van der Waals surface area contributed by atoms with Gasteiger partial charge < -0.3 is 20.7 Å². The summed E-state index contributed by atoms with van der Waals surface area (Å²) in [5.74, 6) is 0.706. The first-order valence-electron chi connectivity index (χ1n) is 8.60. The fraction of sp³-hybridized carbons (Fsp3) is 0.556. The van der Waals surface area contributed by atoms with E-state index in [1.165, 1.54) is 11.1 Å². The standard InChI is InChI=1S/C18H25N3O3/c1-12(14-2-3-16-15(10-14)6-9-24-16)20-11-17(22)21-7-4-13(5-8-21)18(19)23/h2-3,10,12-13,20H,4-9,11H2,1H3,(H2,19,23). The molecule has 1 atom stereocenters. The van der Waals surface area contributed by atoms with Crippen LogP contribution in [0.4, 0.5) is 0 Å². The number of fused-ring (bicyclic) bond motifs is 1. The number of nitrogens with one attached hydrogen (secondary N) is 1. The molecule has 0 saturated carbocycles. The van der Waals surface area contributed by atoms with E-state index < -0.39 is 0 Å². The lowest BCUT2D eigenvalue weighted by Crippen LogP contribution is -2.45. The minimum absolute atomic E-state index is 0.0780. The number of hydrogen-bond donors (Lipinski definition) is 2. The Kier molecular flexibility index (Phi) is 5.04. The largest absolute Gasteiger partial charge is 0.493 e. The highest BCUT2D eigenvalue weighted by Crippen LogP contribution is 2.28. The Morgan fingerprint density at radius 1 is 1.38 bits per heavy atom. The normalized spacial score (nSPS) is 18.8. The zero-order valence-corrected chi connectivity index (χ0v) is 14.1. The molecular weight excluding hydrogens is 306 g/mol. The highest BCUT2D eigenvalue weighted by Gasteiger charge is 2.25. The smallest absolute Gasteiger partial charge is 0.236 e. The number of nitrogens with zero attached hydrogens (tertiary/aromatic N) is 1. The van der Waals surface area contributed by atoms with Crippen LogP contribution in [-0.4, -0.2) is 43.0 Å². The lowest BCUT2D eigenvalue weighted by atomic mass is 9.96. The Balaban J connectivity index is 1.48. The predicted molar refractivity (Wildman–Crippen MR) is 90.6 cm³/mol. The molecule has 2 amide bonds. The molecule has 0 aromatic heterocycles. The first-order chi connectivity index (χ1) is 11.5. The van der Waals surface area contributed by atoms with Crippen LogP contribution in [0.5, 0.6) is 5.75 Å². The fourth-order valence-corrected chi connectivity index (χ4v) is 3.36. The monoisotopic (exact) mass is 331 g/mol. The van der Waals surface area contributed by atoms with Crippen molar-refractivity contribution in [2.45, 2.75) is 32.2 Å². The lowest BCUT2D eigenvalue weighted by Gasteiger charge is -2.31. The van der Waals surface area contributed by atoms with Gasteiger partial charge in [0, 0.05) is 31.5 Å². The van der Waals surface area contributed by atoms with E-state index in [4.69, 9.17) is 10.5 Å². The summed E-state index contributed by atoms with van der Waals surface area (Å²) >= 11 is 0. The average Bonchev–Trinajstić information content (AvgIpc) is 3.07. The van der Waals surface area contributed by atoms with Gasteiger partial charge in [0.15, 0.2) is 0 Å². The molecule has 24 heavy (non-hydrogen) atoms. The maximum Gasteiger partial charge on any atom is 0.236 e. The van der Waals surface area contributed by atoms with Crippen LogP contribution in [0.25, 0.3) is 0 Å². The van der Waals surface area contributed by atoms with Gasteiger partial charge in [-0.2, -0.15) is 0 Å². The molecule has 2 aliphatic rings. The van der Waals surface area contributed by atoms with Crippen molar-refractivity contribution < 1.29 is 14.3 Å². The number of primary amides is 1. The van der Waals surface area contributed by atoms with Crippen LogP contribution < -0.4 is 15.8 Å². The van der Waals surface area contributed by atoms with Gasteiger partial charge >= 0.3 is 0 Å². The number of hydrogen-bond acceptors (Lipinski definition) is 4. The molecule has 6 heteroatoms. The minimum atomic E-state index is -0.255. The van der Waals surface area contributed by atoms with Crippen molar-refractivity contribution in [3.8, 4) is 5.75 Å². The predicted octanol–water partition coefficient (Wildman–Crippen LogP) is 0.996. The van der Waals surface area contributed by atoms with Gasteiger partial charge in [-0.15, -0.1) is 0 Å². The molecule has 0 radical (unpaired) electrons. The number of carbonyl (C=O) groups is 2. The summed E-state index contributed by atoms with van der Waals surface area (Å²) in [5, 5.41) is 3.30. The van der Waals surface area contributed by atoms with E-state index in [9.17, 15) is 9.59 Å². The van der Waals surface area contributed by atoms with Gasteiger partial charge in [-0.25, -0.2) is 0 Å². The van der Waals surface area contributed by atoms with Crippen molar-refractivity contribution in [1.82, 2.24) is 10.2 Å². The molecule has 1 aromatic rings. The summed E-state index contributed by atoms with van der Waals surface area (Å²) in [6.07, 6.45) is 2.28. The van der Waals surface area contributed by atoms with Gasteiger partial charge in [-0.05, 0) is 37.0 Å². The Hall–Kier alpha value is -2.08. The first kappa shape index (κ1) is 16.8. The summed E-state index contributed by atoms with van der Waals surface area (Å²) in [4.78, 5) is 25.3. The number of amides is 2. The summed E-state index contributed by atoms with van der Waals surface area (Å²) in [6.45, 7) is 4.33. The third kappa shape index (κ3) is 3.70. The molecule has 0 spiro atoms. The number of piperidine rings is 1. The highest BCUT2D eigenvalue weighted by molar-refractivity contribution is 5.80. The van der Waals surface area contributed by atoms with Crippen molar-refractivity contribution in [2.24, 2.45) is 11.7 Å². The van der Waals surface area contributed by atoms with E-state index in [-0.39, 0.29) is 23.8 Å². The van der Waals surface area contributed by atoms with Gasteiger partial charge in [0.05, 0.1) is 13.2 Å². The second-order valence-electron chi connectivity index (χ2n) is 6.63. The molecule has 0 bridgehead atoms. The van der Waals surface area contributed by atoms with Crippen LogP contribution in [0, 0.1) is 5.92 Å². The first-order valence-corrected chi connectivity index (χ1v) is 8.60. The van der Waals surface area contributed by atoms with E-state index in [0.717, 1.165) is 18.8 Å². The molecule has 3 N–H and O–H groups in total. The number of benzene rings is 1. The van der Waals surface area contributed by atoms with Crippen LogP contribution >= 0.6 is 0 Å². The third-order valence-corrected chi connectivity index (χ3v) is 5.02. The molecule has 2 heterocycles. The van der Waals surface area contributed by atoms with Gasteiger partial charge in [0.25, 0.3) is 0 Å². The summed E-state index contributed by atoms with van der Waals surface area (Å²) < 4.78 is 5.52. The number of carbonyl (C=O) groups excluding carboxylic acids is 2. The van der Waals surface area contributed by atoms with Gasteiger partial charge in [0.2, 0.25) is 11.8 Å². The molecule has 1 unspecified atom stereocenters. The molecule has 1 fully saturated rings. The van der Waals surface area contributed by atoms with Crippen molar-refractivity contribution in [2.75, 3.05) is 26.2 Å². The molecule has 1 aromatic carbocycles. The van der Waals surface area contributed by atoms with Crippen LogP contribution in [0.1, 0.15) is 36.9 Å². The minimum Gasteiger partial charge on any atom is -0.493 e. The maximum absolute atomic E-state index is 12.3. The van der Waals surface area contributed by atoms with Gasteiger partial charge in [0.1, 0.15) is 5.75 Å². The fourth-order valence-electron chi connectivity index (χ4n) is 3.36. The zero-order valence-electron chi connectivity index (χ0n) is 14.1. The van der Waals surface area contributed by atoms with Gasteiger partial charge in [-0.1, -0.05) is 12.1 Å². The second-order valence-corrected chi connectivity index (χ2v) is 6.63. The van der Waals surface area contributed by atoms with E-state index in [1.807, 2.05) is 17.0 Å². The van der Waals surface area contributed by atoms with Crippen LogP contribution in [0.2, 0.25) is 0 Å². The SMILES string of the molecule is CC(NCC(=O)N1CCC(C(N)=O)CC1)c1ccc2c(c1)CCO2. The third-order valence-electron chi connectivity index (χ3n) is 5.02. The van der Waals surface area contributed by atoms with Crippen molar-refractivity contribution in [3.05, 3.63) is 29.3 Å². The van der Waals surface area contributed by atoms with E-state index in [1.54, 1.807) is 0 Å². The summed E-state index contributed by atoms with van der Waals surface area (Å²) in [5.41, 5.74) is 7.73. The molecule has 3 rings (SSSR count). The number of ether oxygens (including phenoxy) is 1.